The quantitative estimate of drug-likeness (QED) is 0.870. The molecule has 1 N–H and O–H groups in total. The van der Waals surface area contributed by atoms with Crippen molar-refractivity contribution in [2.45, 2.75) is 18.9 Å². The second kappa shape index (κ2) is 6.99. The molecule has 0 amide bonds. The number of likely N-dealkylation sites (N-methyl/N-ethyl adjacent to an activating group) is 1. The Labute approximate surface area is 104 Å². The largest absolute Gasteiger partial charge is 0.383 e. The van der Waals surface area contributed by atoms with E-state index in [0.29, 0.717) is 12.6 Å². The lowest BCUT2D eigenvalue weighted by Crippen LogP contribution is -2.30. The minimum atomic E-state index is -0.197. The lowest BCUT2D eigenvalue weighted by molar-refractivity contribution is 0.166. The van der Waals surface area contributed by atoms with Gasteiger partial charge in [-0.2, -0.15) is 0 Å². The predicted octanol–water partition coefficient (Wildman–Crippen LogP) is 2.76. The summed E-state index contributed by atoms with van der Waals surface area (Å²) in [5, 5.41) is 3.17. The number of benzene rings is 1. The van der Waals surface area contributed by atoms with E-state index >= 15 is 0 Å². The molecule has 1 unspecified atom stereocenters. The first-order chi connectivity index (χ1) is 7.65. The van der Waals surface area contributed by atoms with Crippen molar-refractivity contribution in [3.63, 3.8) is 0 Å². The smallest absolute Gasteiger partial charge is 0.124 e. The summed E-state index contributed by atoms with van der Waals surface area (Å²) >= 11 is 3.29. The predicted molar refractivity (Wildman–Crippen MR) is 67.1 cm³/mol. The van der Waals surface area contributed by atoms with Gasteiger partial charge in [0.25, 0.3) is 0 Å². The SMILES string of the molecule is CNC(CCc1cc(F)cc(Br)c1)COC. The highest BCUT2D eigenvalue weighted by Gasteiger charge is 2.06. The second-order valence-electron chi connectivity index (χ2n) is 3.76. The monoisotopic (exact) mass is 289 g/mol. The van der Waals surface area contributed by atoms with Gasteiger partial charge in [-0.15, -0.1) is 0 Å². The Bertz CT molecular complexity index is 313. The third kappa shape index (κ3) is 4.60. The lowest BCUT2D eigenvalue weighted by atomic mass is 10.1. The molecule has 1 atom stereocenters. The van der Waals surface area contributed by atoms with E-state index in [-0.39, 0.29) is 5.82 Å². The number of nitrogens with one attached hydrogen (secondary N) is 1. The van der Waals surface area contributed by atoms with Crippen molar-refractivity contribution in [3.8, 4) is 0 Å². The number of halogens is 2. The molecule has 2 nitrogen and oxygen atoms in total. The van der Waals surface area contributed by atoms with Gasteiger partial charge in [0, 0.05) is 17.6 Å². The summed E-state index contributed by atoms with van der Waals surface area (Å²) in [4.78, 5) is 0. The van der Waals surface area contributed by atoms with Crippen LogP contribution in [-0.2, 0) is 11.2 Å². The molecule has 1 aromatic rings. The lowest BCUT2D eigenvalue weighted by Gasteiger charge is -2.14. The molecule has 0 heterocycles. The van der Waals surface area contributed by atoms with E-state index in [9.17, 15) is 4.39 Å². The molecule has 0 aromatic heterocycles. The van der Waals surface area contributed by atoms with Gasteiger partial charge in [0.05, 0.1) is 6.61 Å². The van der Waals surface area contributed by atoms with Gasteiger partial charge in [-0.1, -0.05) is 15.9 Å². The third-order valence-corrected chi connectivity index (χ3v) is 2.94. The van der Waals surface area contributed by atoms with Crippen molar-refractivity contribution in [3.05, 3.63) is 34.1 Å². The van der Waals surface area contributed by atoms with Crippen LogP contribution in [0.25, 0.3) is 0 Å². The van der Waals surface area contributed by atoms with Gasteiger partial charge in [-0.25, -0.2) is 4.39 Å². The summed E-state index contributed by atoms with van der Waals surface area (Å²) in [6.07, 6.45) is 1.77. The average Bonchev–Trinajstić information content (AvgIpc) is 2.23. The number of aryl methyl sites for hydroxylation is 1. The van der Waals surface area contributed by atoms with E-state index < -0.39 is 0 Å². The Kier molecular flexibility index (Phi) is 5.95. The zero-order chi connectivity index (χ0) is 12.0. The highest BCUT2D eigenvalue weighted by Crippen LogP contribution is 2.16. The van der Waals surface area contributed by atoms with Gasteiger partial charge in [-0.05, 0) is 43.7 Å². The Balaban J connectivity index is 2.52. The van der Waals surface area contributed by atoms with Crippen LogP contribution in [0.5, 0.6) is 0 Å². The fourth-order valence-corrected chi connectivity index (χ4v) is 2.12. The van der Waals surface area contributed by atoms with E-state index in [1.165, 1.54) is 6.07 Å². The summed E-state index contributed by atoms with van der Waals surface area (Å²) < 4.78 is 19.0. The molecule has 0 bridgehead atoms. The number of ether oxygens (including phenoxy) is 1. The van der Waals surface area contributed by atoms with Crippen molar-refractivity contribution in [2.75, 3.05) is 20.8 Å². The van der Waals surface area contributed by atoms with E-state index in [1.54, 1.807) is 13.2 Å². The molecule has 0 aliphatic carbocycles. The molecule has 16 heavy (non-hydrogen) atoms. The summed E-state index contributed by atoms with van der Waals surface area (Å²) in [5.74, 6) is -0.197. The summed E-state index contributed by atoms with van der Waals surface area (Å²) in [6.45, 7) is 0.674. The summed E-state index contributed by atoms with van der Waals surface area (Å²) in [7, 11) is 3.59. The Morgan fingerprint density at radius 1 is 1.44 bits per heavy atom. The summed E-state index contributed by atoms with van der Waals surface area (Å²) in [6, 6.07) is 5.30. The van der Waals surface area contributed by atoms with E-state index in [4.69, 9.17) is 4.74 Å². The minimum absolute atomic E-state index is 0.197. The first-order valence-electron chi connectivity index (χ1n) is 5.27. The molecular formula is C12H17BrFNO. The van der Waals surface area contributed by atoms with Crippen molar-refractivity contribution < 1.29 is 9.13 Å². The van der Waals surface area contributed by atoms with Crippen LogP contribution in [-0.4, -0.2) is 26.8 Å². The molecule has 0 aliphatic heterocycles. The van der Waals surface area contributed by atoms with Gasteiger partial charge in [-0.3, -0.25) is 0 Å². The topological polar surface area (TPSA) is 21.3 Å². The molecule has 1 rings (SSSR count). The van der Waals surface area contributed by atoms with Crippen molar-refractivity contribution in [1.82, 2.24) is 5.32 Å². The maximum absolute atomic E-state index is 13.1. The van der Waals surface area contributed by atoms with E-state index in [1.807, 2.05) is 13.1 Å². The molecule has 0 aliphatic rings. The number of methoxy groups -OCH3 is 1. The van der Waals surface area contributed by atoms with Crippen molar-refractivity contribution >= 4 is 15.9 Å². The van der Waals surface area contributed by atoms with Crippen LogP contribution in [0.2, 0.25) is 0 Å². The standard InChI is InChI=1S/C12H17BrFNO/c1-15-12(8-16-2)4-3-9-5-10(13)7-11(14)6-9/h5-7,12,15H,3-4,8H2,1-2H3. The average molecular weight is 290 g/mol. The van der Waals surface area contributed by atoms with Crippen LogP contribution in [0.3, 0.4) is 0 Å². The molecular weight excluding hydrogens is 273 g/mol. The molecule has 0 fully saturated rings. The molecule has 90 valence electrons. The van der Waals surface area contributed by atoms with Crippen LogP contribution < -0.4 is 5.32 Å². The first kappa shape index (κ1) is 13.6. The van der Waals surface area contributed by atoms with Crippen molar-refractivity contribution in [2.24, 2.45) is 0 Å². The zero-order valence-corrected chi connectivity index (χ0v) is 11.2. The first-order valence-corrected chi connectivity index (χ1v) is 6.06. The van der Waals surface area contributed by atoms with Crippen molar-refractivity contribution in [1.29, 1.82) is 0 Å². The Morgan fingerprint density at radius 2 is 2.19 bits per heavy atom. The Hall–Kier alpha value is -0.450. The van der Waals surface area contributed by atoms with Gasteiger partial charge in [0.1, 0.15) is 5.82 Å². The van der Waals surface area contributed by atoms with Crippen LogP contribution in [0.15, 0.2) is 22.7 Å². The molecule has 0 spiro atoms. The van der Waals surface area contributed by atoms with E-state index in [2.05, 4.69) is 21.2 Å². The van der Waals surface area contributed by atoms with Crippen LogP contribution in [0.4, 0.5) is 4.39 Å². The maximum atomic E-state index is 13.1. The van der Waals surface area contributed by atoms with Gasteiger partial charge in [0.2, 0.25) is 0 Å². The van der Waals surface area contributed by atoms with Gasteiger partial charge in [0.15, 0.2) is 0 Å². The third-order valence-electron chi connectivity index (χ3n) is 2.48. The van der Waals surface area contributed by atoms with Gasteiger partial charge >= 0.3 is 0 Å². The second-order valence-corrected chi connectivity index (χ2v) is 4.67. The number of rotatable bonds is 6. The highest BCUT2D eigenvalue weighted by molar-refractivity contribution is 9.10. The Morgan fingerprint density at radius 3 is 2.75 bits per heavy atom. The molecule has 4 heteroatoms. The van der Waals surface area contributed by atoms with E-state index in [0.717, 1.165) is 22.9 Å². The fourth-order valence-electron chi connectivity index (χ4n) is 1.61. The fraction of sp³-hybridized carbons (Fsp3) is 0.500. The molecule has 1 aromatic carbocycles. The van der Waals surface area contributed by atoms with Crippen LogP contribution in [0.1, 0.15) is 12.0 Å². The summed E-state index contributed by atoms with van der Waals surface area (Å²) in [5.41, 5.74) is 1.00. The number of hydrogen-bond acceptors (Lipinski definition) is 2. The maximum Gasteiger partial charge on any atom is 0.124 e. The van der Waals surface area contributed by atoms with Crippen LogP contribution >= 0.6 is 15.9 Å². The van der Waals surface area contributed by atoms with Gasteiger partial charge < -0.3 is 10.1 Å². The molecule has 0 saturated carbocycles. The zero-order valence-electron chi connectivity index (χ0n) is 9.59. The molecule has 0 saturated heterocycles. The minimum Gasteiger partial charge on any atom is -0.383 e. The normalized spacial score (nSPS) is 12.8. The highest BCUT2D eigenvalue weighted by atomic mass is 79.9. The molecule has 0 radical (unpaired) electrons. The van der Waals surface area contributed by atoms with Crippen LogP contribution in [0, 0.1) is 5.82 Å². The number of hydrogen-bond donors (Lipinski definition) is 1.